The van der Waals surface area contributed by atoms with Crippen LogP contribution in [0.2, 0.25) is 0 Å². The van der Waals surface area contributed by atoms with Gasteiger partial charge in [0.2, 0.25) is 0 Å². The van der Waals surface area contributed by atoms with Crippen molar-refractivity contribution in [3.8, 4) is 0 Å². The highest BCUT2D eigenvalue weighted by atomic mass is 32.2. The molecule has 0 aliphatic carbocycles. The van der Waals surface area contributed by atoms with Crippen LogP contribution in [0.5, 0.6) is 0 Å². The van der Waals surface area contributed by atoms with Crippen molar-refractivity contribution in [2.75, 3.05) is 16.2 Å². The molecule has 0 radical (unpaired) electrons. The minimum Gasteiger partial charge on any atom is -0.360 e. The van der Waals surface area contributed by atoms with Gasteiger partial charge in [-0.05, 0) is 44.0 Å². The third kappa shape index (κ3) is 2.80. The van der Waals surface area contributed by atoms with Gasteiger partial charge >= 0.3 is 0 Å². The van der Waals surface area contributed by atoms with Crippen LogP contribution in [0.25, 0.3) is 0 Å². The molecule has 4 rings (SSSR count). The second kappa shape index (κ2) is 6.10. The first kappa shape index (κ1) is 16.5. The van der Waals surface area contributed by atoms with Crippen LogP contribution >= 0.6 is 0 Å². The van der Waals surface area contributed by atoms with Gasteiger partial charge in [-0.3, -0.25) is 4.72 Å². The normalized spacial score (nSPS) is 13.7. The Bertz CT molecular complexity index is 1040. The van der Waals surface area contributed by atoms with E-state index < -0.39 is 10.0 Å². The predicted octanol–water partition coefficient (Wildman–Crippen LogP) is 2.58. The lowest BCUT2D eigenvalue weighted by Gasteiger charge is -2.17. The maximum Gasteiger partial charge on any atom is 0.268 e. The van der Waals surface area contributed by atoms with E-state index in [1.165, 1.54) is 5.56 Å². The summed E-state index contributed by atoms with van der Waals surface area (Å²) >= 11 is 0. The van der Waals surface area contributed by atoms with E-state index in [0.717, 1.165) is 18.7 Å². The molecule has 0 saturated carbocycles. The lowest BCUT2D eigenvalue weighted by molar-refractivity contribution is 0.390. The summed E-state index contributed by atoms with van der Waals surface area (Å²) in [7, 11) is -3.83. The molecule has 0 unspecified atom stereocenters. The smallest absolute Gasteiger partial charge is 0.268 e. The fourth-order valence-electron chi connectivity index (χ4n) is 3.15. The molecule has 8 nitrogen and oxygen atoms in total. The number of fused-ring (bicyclic) bond motifs is 1. The molecule has 134 valence electrons. The SMILES string of the molecule is Cc1noc(C)c1S(=O)(=O)Nc1ccc(N2CCc3ccccc32)nn1. The van der Waals surface area contributed by atoms with Crippen LogP contribution in [0.15, 0.2) is 45.8 Å². The van der Waals surface area contributed by atoms with Crippen LogP contribution in [-0.2, 0) is 16.4 Å². The fraction of sp³-hybridized carbons (Fsp3) is 0.235. The molecule has 0 saturated heterocycles. The Balaban J connectivity index is 1.58. The molecule has 0 bridgehead atoms. The molecular formula is C17H17N5O3S. The van der Waals surface area contributed by atoms with Gasteiger partial charge in [-0.25, -0.2) is 8.42 Å². The summed E-state index contributed by atoms with van der Waals surface area (Å²) < 4.78 is 32.4. The number of hydrogen-bond acceptors (Lipinski definition) is 7. The van der Waals surface area contributed by atoms with E-state index in [0.29, 0.717) is 11.5 Å². The number of para-hydroxylation sites is 1. The molecule has 0 fully saturated rings. The molecule has 26 heavy (non-hydrogen) atoms. The molecule has 1 N–H and O–H groups in total. The molecule has 0 amide bonds. The van der Waals surface area contributed by atoms with Gasteiger partial charge in [-0.2, -0.15) is 0 Å². The number of nitrogens with zero attached hydrogens (tertiary/aromatic N) is 4. The van der Waals surface area contributed by atoms with Crippen LogP contribution < -0.4 is 9.62 Å². The van der Waals surface area contributed by atoms with Crippen LogP contribution in [0.3, 0.4) is 0 Å². The summed E-state index contributed by atoms with van der Waals surface area (Å²) in [6.07, 6.45) is 0.943. The molecular weight excluding hydrogens is 354 g/mol. The number of hydrogen-bond donors (Lipinski definition) is 1. The second-order valence-electron chi connectivity index (χ2n) is 6.07. The fourth-order valence-corrected chi connectivity index (χ4v) is 4.47. The number of sulfonamides is 1. The molecule has 3 heterocycles. The summed E-state index contributed by atoms with van der Waals surface area (Å²) in [5.74, 6) is 1.05. The molecule has 0 spiro atoms. The van der Waals surface area contributed by atoms with Crippen LogP contribution in [0.1, 0.15) is 17.0 Å². The molecule has 1 aliphatic heterocycles. The quantitative estimate of drug-likeness (QED) is 0.752. The summed E-state index contributed by atoms with van der Waals surface area (Å²) in [5.41, 5.74) is 2.66. The van der Waals surface area contributed by atoms with E-state index in [9.17, 15) is 8.42 Å². The summed E-state index contributed by atoms with van der Waals surface area (Å²) in [6, 6.07) is 11.5. The molecule has 0 atom stereocenters. The number of nitrogens with one attached hydrogen (secondary N) is 1. The van der Waals surface area contributed by atoms with Crippen LogP contribution in [0, 0.1) is 13.8 Å². The standard InChI is InChI=1S/C17H17N5O3S/c1-11-17(12(2)25-20-11)26(23,24)21-15-7-8-16(19-18-15)22-10-9-13-5-3-4-6-14(13)22/h3-8H,9-10H2,1-2H3,(H,18,21). The Kier molecular flexibility index (Phi) is 3.87. The van der Waals surface area contributed by atoms with Crippen molar-refractivity contribution in [2.24, 2.45) is 0 Å². The van der Waals surface area contributed by atoms with Crippen LogP contribution in [0.4, 0.5) is 17.3 Å². The van der Waals surface area contributed by atoms with E-state index in [-0.39, 0.29) is 16.5 Å². The highest BCUT2D eigenvalue weighted by Crippen LogP contribution is 2.33. The first-order chi connectivity index (χ1) is 12.5. The first-order valence-corrected chi connectivity index (χ1v) is 9.59. The Morgan fingerprint density at radius 1 is 1.12 bits per heavy atom. The van der Waals surface area contributed by atoms with Crippen molar-refractivity contribution in [2.45, 2.75) is 25.2 Å². The number of benzene rings is 1. The summed E-state index contributed by atoms with van der Waals surface area (Å²) in [5, 5.41) is 11.9. The van der Waals surface area contributed by atoms with E-state index in [2.05, 4.69) is 31.0 Å². The molecule has 1 aliphatic rings. The van der Waals surface area contributed by atoms with Gasteiger partial charge in [0, 0.05) is 12.2 Å². The highest BCUT2D eigenvalue weighted by molar-refractivity contribution is 7.92. The number of aromatic nitrogens is 3. The average molecular weight is 371 g/mol. The molecule has 1 aromatic carbocycles. The highest BCUT2D eigenvalue weighted by Gasteiger charge is 2.25. The Hall–Kier alpha value is -2.94. The van der Waals surface area contributed by atoms with E-state index in [1.807, 2.05) is 18.2 Å². The van der Waals surface area contributed by atoms with Gasteiger partial charge in [0.25, 0.3) is 10.0 Å². The number of aryl methyl sites for hydroxylation is 2. The van der Waals surface area contributed by atoms with E-state index in [4.69, 9.17) is 4.52 Å². The summed E-state index contributed by atoms with van der Waals surface area (Å²) in [6.45, 7) is 3.94. The molecule has 2 aromatic heterocycles. The van der Waals surface area contributed by atoms with Gasteiger partial charge in [0.05, 0.1) is 0 Å². The minimum absolute atomic E-state index is 0.0249. The second-order valence-corrected chi connectivity index (χ2v) is 7.69. The van der Waals surface area contributed by atoms with Gasteiger partial charge < -0.3 is 9.42 Å². The lowest BCUT2D eigenvalue weighted by Crippen LogP contribution is -2.18. The average Bonchev–Trinajstić information content (AvgIpc) is 3.19. The van der Waals surface area contributed by atoms with Gasteiger partial charge in [0.15, 0.2) is 22.3 Å². The molecule has 3 aromatic rings. The largest absolute Gasteiger partial charge is 0.360 e. The van der Waals surface area contributed by atoms with Crippen molar-refractivity contribution in [1.82, 2.24) is 15.4 Å². The van der Waals surface area contributed by atoms with Crippen molar-refractivity contribution >= 4 is 27.3 Å². The van der Waals surface area contributed by atoms with Crippen molar-refractivity contribution in [3.63, 3.8) is 0 Å². The lowest BCUT2D eigenvalue weighted by atomic mass is 10.2. The van der Waals surface area contributed by atoms with E-state index >= 15 is 0 Å². The van der Waals surface area contributed by atoms with Crippen molar-refractivity contribution in [1.29, 1.82) is 0 Å². The first-order valence-electron chi connectivity index (χ1n) is 8.10. The maximum absolute atomic E-state index is 12.5. The van der Waals surface area contributed by atoms with Crippen LogP contribution in [-0.4, -0.2) is 30.3 Å². The Morgan fingerprint density at radius 3 is 2.62 bits per heavy atom. The van der Waals surface area contributed by atoms with Crippen molar-refractivity contribution in [3.05, 3.63) is 53.4 Å². The zero-order valence-corrected chi connectivity index (χ0v) is 15.1. The predicted molar refractivity (Wildman–Crippen MR) is 96.0 cm³/mol. The Labute approximate surface area is 150 Å². The third-order valence-corrected chi connectivity index (χ3v) is 5.89. The number of rotatable bonds is 4. The minimum atomic E-state index is -3.83. The monoisotopic (exact) mass is 371 g/mol. The molecule has 9 heteroatoms. The third-order valence-electron chi connectivity index (χ3n) is 4.29. The zero-order chi connectivity index (χ0) is 18.3. The number of anilines is 3. The van der Waals surface area contributed by atoms with Gasteiger partial charge in [-0.1, -0.05) is 23.4 Å². The van der Waals surface area contributed by atoms with E-state index in [1.54, 1.807) is 26.0 Å². The van der Waals surface area contributed by atoms with Gasteiger partial charge in [0.1, 0.15) is 5.69 Å². The maximum atomic E-state index is 12.5. The topological polar surface area (TPSA) is 101 Å². The van der Waals surface area contributed by atoms with Gasteiger partial charge in [-0.15, -0.1) is 10.2 Å². The zero-order valence-electron chi connectivity index (χ0n) is 14.3. The Morgan fingerprint density at radius 2 is 1.92 bits per heavy atom. The summed E-state index contributed by atoms with van der Waals surface area (Å²) in [4.78, 5) is 2.09. The van der Waals surface area contributed by atoms with Crippen molar-refractivity contribution < 1.29 is 12.9 Å².